The number of aliphatic imine (C=N–C) groups is 1. The molecule has 0 radical (unpaired) electrons. The topological polar surface area (TPSA) is 88.6 Å². The third-order valence-corrected chi connectivity index (χ3v) is 3.87. The molecule has 1 heterocycles. The minimum Gasteiger partial charge on any atom is -0.507 e. The van der Waals surface area contributed by atoms with E-state index >= 15 is 0 Å². The van der Waals surface area contributed by atoms with Crippen molar-refractivity contribution in [2.75, 3.05) is 0 Å². The van der Waals surface area contributed by atoms with Crippen molar-refractivity contribution in [2.45, 2.75) is 0 Å². The molecule has 6 nitrogen and oxygen atoms in total. The molecule has 0 saturated carbocycles. The van der Waals surface area contributed by atoms with Crippen LogP contribution in [0.5, 0.6) is 5.75 Å². The van der Waals surface area contributed by atoms with Crippen LogP contribution in [0.2, 0.25) is 0 Å². The van der Waals surface area contributed by atoms with Crippen LogP contribution in [-0.4, -0.2) is 21.2 Å². The van der Waals surface area contributed by atoms with Crippen LogP contribution < -0.4 is 0 Å². The van der Waals surface area contributed by atoms with Gasteiger partial charge in [-0.25, -0.2) is 9.98 Å². The van der Waals surface area contributed by atoms with Gasteiger partial charge in [0.25, 0.3) is 5.69 Å². The summed E-state index contributed by atoms with van der Waals surface area (Å²) in [7, 11) is 0. The van der Waals surface area contributed by atoms with E-state index in [1.54, 1.807) is 36.5 Å². The maximum atomic E-state index is 10.7. The van der Waals surface area contributed by atoms with E-state index in [9.17, 15) is 15.2 Å². The van der Waals surface area contributed by atoms with Crippen molar-refractivity contribution in [2.24, 2.45) is 4.99 Å². The van der Waals surface area contributed by atoms with Crippen molar-refractivity contribution >= 4 is 28.4 Å². The standard InChI is InChI=1S/C16H11N3O3S/c20-15-4-2-1-3-12(15)9-17-16-18-14(10-23-16)11-5-7-13(8-6-11)19(21)22/h1-10,20H. The Labute approximate surface area is 135 Å². The first-order valence-electron chi connectivity index (χ1n) is 6.66. The first kappa shape index (κ1) is 14.9. The molecule has 0 bridgehead atoms. The minimum absolute atomic E-state index is 0.0433. The van der Waals surface area contributed by atoms with Crippen molar-refractivity contribution in [1.29, 1.82) is 0 Å². The summed E-state index contributed by atoms with van der Waals surface area (Å²) in [6.07, 6.45) is 1.55. The highest BCUT2D eigenvalue weighted by Gasteiger charge is 2.08. The van der Waals surface area contributed by atoms with E-state index in [-0.39, 0.29) is 11.4 Å². The monoisotopic (exact) mass is 325 g/mol. The Hall–Kier alpha value is -3.06. The Kier molecular flexibility index (Phi) is 4.11. The molecule has 0 amide bonds. The van der Waals surface area contributed by atoms with Crippen molar-refractivity contribution < 1.29 is 10.0 Å². The molecule has 0 spiro atoms. The van der Waals surface area contributed by atoms with Crippen molar-refractivity contribution in [3.05, 3.63) is 69.6 Å². The Balaban J connectivity index is 1.80. The Bertz CT molecular complexity index is 872. The van der Waals surface area contributed by atoms with Gasteiger partial charge in [-0.15, -0.1) is 11.3 Å². The maximum Gasteiger partial charge on any atom is 0.269 e. The summed E-state index contributed by atoms with van der Waals surface area (Å²) in [4.78, 5) is 18.8. The first-order valence-corrected chi connectivity index (χ1v) is 7.54. The van der Waals surface area contributed by atoms with Gasteiger partial charge in [0.15, 0.2) is 0 Å². The van der Waals surface area contributed by atoms with Crippen molar-refractivity contribution in [3.8, 4) is 17.0 Å². The molecule has 0 aliphatic carbocycles. The average molecular weight is 325 g/mol. The number of thiazole rings is 1. The molecule has 0 saturated heterocycles. The van der Waals surface area contributed by atoms with E-state index in [2.05, 4.69) is 9.98 Å². The number of nitrogens with zero attached hydrogens (tertiary/aromatic N) is 3. The van der Waals surface area contributed by atoms with Crippen LogP contribution in [0.15, 0.2) is 58.9 Å². The van der Waals surface area contributed by atoms with Gasteiger partial charge in [-0.1, -0.05) is 12.1 Å². The van der Waals surface area contributed by atoms with E-state index in [1.165, 1.54) is 23.5 Å². The minimum atomic E-state index is -0.438. The molecule has 0 atom stereocenters. The molecule has 114 valence electrons. The fraction of sp³-hybridized carbons (Fsp3) is 0. The summed E-state index contributed by atoms with van der Waals surface area (Å²) in [6, 6.07) is 13.1. The molecule has 3 aromatic rings. The maximum absolute atomic E-state index is 10.7. The van der Waals surface area contributed by atoms with E-state index in [1.807, 2.05) is 11.4 Å². The smallest absolute Gasteiger partial charge is 0.269 e. The van der Waals surface area contributed by atoms with Crippen LogP contribution in [0.3, 0.4) is 0 Å². The molecule has 0 fully saturated rings. The molecule has 1 aromatic heterocycles. The lowest BCUT2D eigenvalue weighted by molar-refractivity contribution is -0.384. The Morgan fingerprint density at radius 2 is 1.91 bits per heavy atom. The van der Waals surface area contributed by atoms with Crippen LogP contribution in [-0.2, 0) is 0 Å². The second-order valence-corrected chi connectivity index (χ2v) is 5.47. The second-order valence-electron chi connectivity index (χ2n) is 4.64. The van der Waals surface area contributed by atoms with Gasteiger partial charge in [0.1, 0.15) is 5.75 Å². The van der Waals surface area contributed by atoms with Gasteiger partial charge < -0.3 is 5.11 Å². The van der Waals surface area contributed by atoms with Gasteiger partial charge in [0, 0.05) is 34.9 Å². The highest BCUT2D eigenvalue weighted by molar-refractivity contribution is 7.13. The van der Waals surface area contributed by atoms with Crippen LogP contribution >= 0.6 is 11.3 Å². The number of aromatic nitrogens is 1. The third kappa shape index (κ3) is 3.41. The van der Waals surface area contributed by atoms with Crippen LogP contribution in [0, 0.1) is 10.1 Å². The molecule has 3 rings (SSSR count). The molecular weight excluding hydrogens is 314 g/mol. The average Bonchev–Trinajstić information content (AvgIpc) is 3.03. The zero-order valence-electron chi connectivity index (χ0n) is 11.8. The first-order chi connectivity index (χ1) is 11.1. The molecule has 23 heavy (non-hydrogen) atoms. The summed E-state index contributed by atoms with van der Waals surface area (Å²) in [5.74, 6) is 0.156. The predicted molar refractivity (Wildman–Crippen MR) is 89.6 cm³/mol. The number of hydrogen-bond donors (Lipinski definition) is 1. The van der Waals surface area contributed by atoms with Gasteiger partial charge in [0.2, 0.25) is 5.13 Å². The number of benzene rings is 2. The number of nitro groups is 1. The number of hydrogen-bond acceptors (Lipinski definition) is 6. The summed E-state index contributed by atoms with van der Waals surface area (Å²) in [5, 5.41) is 22.7. The van der Waals surface area contributed by atoms with Gasteiger partial charge in [0.05, 0.1) is 10.6 Å². The summed E-state index contributed by atoms with van der Waals surface area (Å²) >= 11 is 1.36. The molecule has 0 aliphatic rings. The zero-order valence-corrected chi connectivity index (χ0v) is 12.6. The number of phenols is 1. The number of rotatable bonds is 4. The van der Waals surface area contributed by atoms with Crippen LogP contribution in [0.1, 0.15) is 5.56 Å². The number of para-hydroxylation sites is 1. The van der Waals surface area contributed by atoms with Gasteiger partial charge in [-0.3, -0.25) is 10.1 Å². The van der Waals surface area contributed by atoms with E-state index in [4.69, 9.17) is 0 Å². The van der Waals surface area contributed by atoms with Crippen LogP contribution in [0.4, 0.5) is 10.8 Å². The van der Waals surface area contributed by atoms with E-state index in [0.29, 0.717) is 16.4 Å². The van der Waals surface area contributed by atoms with E-state index < -0.39 is 4.92 Å². The number of phenolic OH excluding ortho intramolecular Hbond substituents is 1. The molecule has 2 aromatic carbocycles. The van der Waals surface area contributed by atoms with Gasteiger partial charge in [-0.2, -0.15) is 0 Å². The quantitative estimate of drug-likeness (QED) is 0.443. The molecule has 7 heteroatoms. The SMILES string of the molecule is O=[N+]([O-])c1ccc(-c2csc(N=Cc3ccccc3O)n2)cc1. The highest BCUT2D eigenvalue weighted by Crippen LogP contribution is 2.28. The lowest BCUT2D eigenvalue weighted by Gasteiger charge is -1.96. The summed E-state index contributed by atoms with van der Waals surface area (Å²) in [6.45, 7) is 0. The van der Waals surface area contributed by atoms with Crippen molar-refractivity contribution in [1.82, 2.24) is 4.98 Å². The lowest BCUT2D eigenvalue weighted by Crippen LogP contribution is -1.87. The second kappa shape index (κ2) is 6.37. The number of non-ortho nitro benzene ring substituents is 1. The number of aromatic hydroxyl groups is 1. The van der Waals surface area contributed by atoms with E-state index in [0.717, 1.165) is 5.56 Å². The largest absolute Gasteiger partial charge is 0.507 e. The highest BCUT2D eigenvalue weighted by atomic mass is 32.1. The molecule has 0 aliphatic heterocycles. The summed E-state index contributed by atoms with van der Waals surface area (Å²) in [5.41, 5.74) is 2.14. The Morgan fingerprint density at radius 3 is 2.61 bits per heavy atom. The number of nitro benzene ring substituents is 1. The Morgan fingerprint density at radius 1 is 1.17 bits per heavy atom. The molecule has 0 unspecified atom stereocenters. The molecular formula is C16H11N3O3S. The fourth-order valence-electron chi connectivity index (χ4n) is 1.93. The van der Waals surface area contributed by atoms with Gasteiger partial charge in [-0.05, 0) is 24.3 Å². The fourth-order valence-corrected chi connectivity index (χ4v) is 2.60. The van der Waals surface area contributed by atoms with Gasteiger partial charge >= 0.3 is 0 Å². The van der Waals surface area contributed by atoms with Crippen LogP contribution in [0.25, 0.3) is 11.3 Å². The third-order valence-electron chi connectivity index (χ3n) is 3.12. The normalized spacial score (nSPS) is 11.0. The molecule has 1 N–H and O–H groups in total. The zero-order chi connectivity index (χ0) is 16.2. The van der Waals surface area contributed by atoms with Crippen molar-refractivity contribution in [3.63, 3.8) is 0 Å². The summed E-state index contributed by atoms with van der Waals surface area (Å²) < 4.78 is 0. The lowest BCUT2D eigenvalue weighted by atomic mass is 10.1. The predicted octanol–water partition coefficient (Wildman–Crippen LogP) is 4.17.